The number of hydrogen-bond donors (Lipinski definition) is 1. The zero-order valence-electron chi connectivity index (χ0n) is 16.4. The molecule has 1 aliphatic carbocycles. The maximum atomic E-state index is 5.35. The number of methoxy groups -OCH3 is 1. The largest absolute Gasteiger partial charge is 0.497 e. The molecule has 2 aromatic carbocycles. The molecule has 0 amide bonds. The normalized spacial score (nSPS) is 20.3. The van der Waals surface area contributed by atoms with E-state index in [1.54, 1.807) is 7.11 Å². The Hall–Kier alpha value is -2.04. The number of rotatable bonds is 6. The van der Waals surface area contributed by atoms with Gasteiger partial charge in [0.1, 0.15) is 5.75 Å². The lowest BCUT2D eigenvalue weighted by Crippen LogP contribution is -2.49. The molecule has 0 radical (unpaired) electrons. The Morgan fingerprint density at radius 2 is 1.81 bits per heavy atom. The topological polar surface area (TPSA) is 27.7 Å². The Morgan fingerprint density at radius 1 is 1.00 bits per heavy atom. The van der Waals surface area contributed by atoms with Crippen LogP contribution in [-0.4, -0.2) is 57.3 Å². The molecule has 1 unspecified atom stereocenters. The second-order valence-corrected chi connectivity index (χ2v) is 7.69. The quantitative estimate of drug-likeness (QED) is 0.852. The molecule has 0 aromatic heterocycles. The van der Waals surface area contributed by atoms with Gasteiger partial charge in [-0.05, 0) is 54.7 Å². The van der Waals surface area contributed by atoms with Crippen LogP contribution in [0.3, 0.4) is 0 Å². The zero-order chi connectivity index (χ0) is 18.5. The summed E-state index contributed by atoms with van der Waals surface area (Å²) < 4.78 is 5.35. The van der Waals surface area contributed by atoms with Crippen molar-refractivity contribution in [2.45, 2.75) is 25.3 Å². The highest BCUT2D eigenvalue weighted by atomic mass is 16.5. The summed E-state index contributed by atoms with van der Waals surface area (Å²) in [5, 5.41) is 3.79. The number of fused-ring (bicyclic) bond motifs is 1. The van der Waals surface area contributed by atoms with Crippen LogP contribution in [-0.2, 0) is 12.8 Å². The van der Waals surface area contributed by atoms with E-state index in [2.05, 4.69) is 63.6 Å². The highest BCUT2D eigenvalue weighted by Crippen LogP contribution is 2.25. The van der Waals surface area contributed by atoms with Gasteiger partial charge in [-0.25, -0.2) is 0 Å². The Kier molecular flexibility index (Phi) is 5.95. The lowest BCUT2D eigenvalue weighted by molar-refractivity contribution is 0.252. The Balaban J connectivity index is 1.19. The Morgan fingerprint density at radius 3 is 2.59 bits per heavy atom. The molecule has 1 heterocycles. The van der Waals surface area contributed by atoms with Crippen LogP contribution < -0.4 is 15.0 Å². The van der Waals surface area contributed by atoms with E-state index < -0.39 is 0 Å². The highest BCUT2D eigenvalue weighted by Gasteiger charge is 2.20. The van der Waals surface area contributed by atoms with Crippen molar-refractivity contribution in [1.82, 2.24) is 10.2 Å². The van der Waals surface area contributed by atoms with Crippen LogP contribution >= 0.6 is 0 Å². The minimum atomic E-state index is 0.608. The van der Waals surface area contributed by atoms with Crippen molar-refractivity contribution < 1.29 is 4.74 Å². The third kappa shape index (κ3) is 4.63. The lowest BCUT2D eigenvalue weighted by Gasteiger charge is -2.36. The van der Waals surface area contributed by atoms with Gasteiger partial charge in [0, 0.05) is 51.0 Å². The fraction of sp³-hybridized carbons (Fsp3) is 0.478. The van der Waals surface area contributed by atoms with Crippen LogP contribution in [0.1, 0.15) is 17.5 Å². The van der Waals surface area contributed by atoms with E-state index in [4.69, 9.17) is 4.74 Å². The van der Waals surface area contributed by atoms with Crippen molar-refractivity contribution in [2.24, 2.45) is 0 Å². The van der Waals surface area contributed by atoms with Crippen LogP contribution in [0, 0.1) is 0 Å². The van der Waals surface area contributed by atoms with Crippen molar-refractivity contribution >= 4 is 5.69 Å². The number of nitrogens with one attached hydrogen (secondary N) is 1. The van der Waals surface area contributed by atoms with Gasteiger partial charge in [0.15, 0.2) is 0 Å². The van der Waals surface area contributed by atoms with E-state index in [1.165, 1.54) is 23.2 Å². The maximum absolute atomic E-state index is 5.35. The van der Waals surface area contributed by atoms with Crippen molar-refractivity contribution in [3.63, 3.8) is 0 Å². The first-order chi connectivity index (χ1) is 13.3. The molecule has 1 N–H and O–H groups in total. The molecule has 4 nitrogen and oxygen atoms in total. The highest BCUT2D eigenvalue weighted by molar-refractivity contribution is 5.46. The average Bonchev–Trinajstić information content (AvgIpc) is 2.74. The van der Waals surface area contributed by atoms with Gasteiger partial charge in [-0.3, -0.25) is 4.90 Å². The summed E-state index contributed by atoms with van der Waals surface area (Å²) in [5.41, 5.74) is 4.30. The van der Waals surface area contributed by atoms with Crippen LogP contribution in [0.2, 0.25) is 0 Å². The van der Waals surface area contributed by atoms with Gasteiger partial charge >= 0.3 is 0 Å². The summed E-state index contributed by atoms with van der Waals surface area (Å²) in [6.45, 7) is 6.80. The Bertz CT molecular complexity index is 726. The van der Waals surface area contributed by atoms with E-state index in [0.29, 0.717) is 6.04 Å². The van der Waals surface area contributed by atoms with Gasteiger partial charge in [-0.1, -0.05) is 24.3 Å². The van der Waals surface area contributed by atoms with E-state index in [-0.39, 0.29) is 0 Å². The zero-order valence-corrected chi connectivity index (χ0v) is 16.4. The lowest BCUT2D eigenvalue weighted by atomic mass is 9.88. The minimum absolute atomic E-state index is 0.608. The van der Waals surface area contributed by atoms with Gasteiger partial charge in [-0.15, -0.1) is 0 Å². The minimum Gasteiger partial charge on any atom is -0.497 e. The van der Waals surface area contributed by atoms with E-state index >= 15 is 0 Å². The van der Waals surface area contributed by atoms with Gasteiger partial charge in [0.25, 0.3) is 0 Å². The predicted molar refractivity (Wildman–Crippen MR) is 112 cm³/mol. The van der Waals surface area contributed by atoms with E-state index in [9.17, 15) is 0 Å². The van der Waals surface area contributed by atoms with Gasteiger partial charge in [-0.2, -0.15) is 0 Å². The molecule has 0 bridgehead atoms. The van der Waals surface area contributed by atoms with Crippen molar-refractivity contribution in [2.75, 3.05) is 51.3 Å². The third-order valence-electron chi connectivity index (χ3n) is 6.00. The molecule has 2 aromatic rings. The first kappa shape index (κ1) is 18.3. The monoisotopic (exact) mass is 365 g/mol. The van der Waals surface area contributed by atoms with E-state index in [0.717, 1.165) is 57.9 Å². The summed E-state index contributed by atoms with van der Waals surface area (Å²) in [6, 6.07) is 17.9. The molecule has 2 aliphatic rings. The average molecular weight is 366 g/mol. The molecule has 1 fully saturated rings. The molecular formula is C23H31N3O. The summed E-state index contributed by atoms with van der Waals surface area (Å²) >= 11 is 0. The number of piperazine rings is 1. The molecule has 1 atom stereocenters. The fourth-order valence-electron chi connectivity index (χ4n) is 4.33. The summed E-state index contributed by atoms with van der Waals surface area (Å²) in [6.07, 6.45) is 3.52. The molecule has 1 aliphatic heterocycles. The molecule has 144 valence electrons. The number of hydrogen-bond acceptors (Lipinski definition) is 4. The number of anilines is 1. The smallest absolute Gasteiger partial charge is 0.119 e. The molecule has 0 spiro atoms. The standard InChI is InChI=1S/C23H31N3O/c1-27-23-10-8-19-17-21(9-7-20(19)18-23)24-11-12-25-13-15-26(16-14-25)22-5-3-2-4-6-22/h2-6,8,10,18,21,24H,7,9,11-17H2,1H3. The van der Waals surface area contributed by atoms with Crippen LogP contribution in [0.25, 0.3) is 0 Å². The maximum Gasteiger partial charge on any atom is 0.119 e. The van der Waals surface area contributed by atoms with Crippen LogP contribution in [0.4, 0.5) is 5.69 Å². The molecule has 1 saturated heterocycles. The Labute approximate surface area is 163 Å². The van der Waals surface area contributed by atoms with Crippen molar-refractivity contribution in [3.8, 4) is 5.75 Å². The first-order valence-electron chi connectivity index (χ1n) is 10.2. The van der Waals surface area contributed by atoms with Crippen molar-refractivity contribution in [3.05, 3.63) is 59.7 Å². The fourth-order valence-corrected chi connectivity index (χ4v) is 4.33. The van der Waals surface area contributed by atoms with Crippen LogP contribution in [0.15, 0.2) is 48.5 Å². The second-order valence-electron chi connectivity index (χ2n) is 7.69. The second kappa shape index (κ2) is 8.77. The van der Waals surface area contributed by atoms with Crippen LogP contribution in [0.5, 0.6) is 5.75 Å². The molecule has 27 heavy (non-hydrogen) atoms. The molecular weight excluding hydrogens is 334 g/mol. The first-order valence-corrected chi connectivity index (χ1v) is 10.2. The number of aryl methyl sites for hydroxylation is 1. The predicted octanol–water partition coefficient (Wildman–Crippen LogP) is 2.96. The van der Waals surface area contributed by atoms with Crippen molar-refractivity contribution in [1.29, 1.82) is 0 Å². The number of nitrogens with zero attached hydrogens (tertiary/aromatic N) is 2. The third-order valence-corrected chi connectivity index (χ3v) is 6.00. The van der Waals surface area contributed by atoms with Gasteiger partial charge in [0.05, 0.1) is 7.11 Å². The van der Waals surface area contributed by atoms with E-state index in [1.807, 2.05) is 0 Å². The molecule has 4 heteroatoms. The number of ether oxygens (including phenoxy) is 1. The summed E-state index contributed by atoms with van der Waals surface area (Å²) in [4.78, 5) is 5.09. The molecule has 4 rings (SSSR count). The summed E-state index contributed by atoms with van der Waals surface area (Å²) in [5.74, 6) is 0.981. The number of benzene rings is 2. The molecule has 0 saturated carbocycles. The SMILES string of the molecule is COc1ccc2c(c1)CCC(NCCN1CCN(c3ccccc3)CC1)C2. The number of para-hydroxylation sites is 1. The summed E-state index contributed by atoms with van der Waals surface area (Å²) in [7, 11) is 1.74. The van der Waals surface area contributed by atoms with Gasteiger partial charge in [0.2, 0.25) is 0 Å². The van der Waals surface area contributed by atoms with Gasteiger partial charge < -0.3 is 15.0 Å².